The molecule has 1 aliphatic heterocycles. The Morgan fingerprint density at radius 2 is 2.04 bits per heavy atom. The van der Waals surface area contributed by atoms with Crippen molar-refractivity contribution in [3.8, 4) is 0 Å². The van der Waals surface area contributed by atoms with Crippen LogP contribution in [0.1, 0.15) is 57.8 Å². The summed E-state index contributed by atoms with van der Waals surface area (Å²) in [4.78, 5) is 18.9. The third-order valence-corrected chi connectivity index (χ3v) is 6.13. The zero-order chi connectivity index (χ0) is 15.9. The summed E-state index contributed by atoms with van der Waals surface area (Å²) in [5.74, 6) is 1.61. The molecule has 128 valence electrons. The first-order chi connectivity index (χ1) is 11.3. The molecule has 2 heterocycles. The molecule has 1 aliphatic carbocycles. The number of aromatic nitrogens is 1. The molecule has 1 saturated heterocycles. The topological polar surface area (TPSA) is 45.2 Å². The second kappa shape index (κ2) is 8.67. The molecule has 0 radical (unpaired) electrons. The number of thiazole rings is 1. The van der Waals surface area contributed by atoms with E-state index in [1.165, 1.54) is 44.9 Å². The lowest BCUT2D eigenvalue weighted by Gasteiger charge is -2.32. The van der Waals surface area contributed by atoms with E-state index in [9.17, 15) is 4.79 Å². The minimum Gasteiger partial charge on any atom is -0.356 e. The maximum atomic E-state index is 12.1. The van der Waals surface area contributed by atoms with Crippen LogP contribution in [0.25, 0.3) is 0 Å². The van der Waals surface area contributed by atoms with E-state index < -0.39 is 0 Å². The minimum absolute atomic E-state index is 0.252. The highest BCUT2D eigenvalue weighted by molar-refractivity contribution is 7.13. The highest BCUT2D eigenvalue weighted by Gasteiger charge is 2.22. The molecule has 0 spiro atoms. The van der Waals surface area contributed by atoms with Crippen LogP contribution in [0, 0.1) is 11.8 Å². The summed E-state index contributed by atoms with van der Waals surface area (Å²) in [5.41, 5.74) is 0. The van der Waals surface area contributed by atoms with Crippen molar-refractivity contribution in [2.75, 3.05) is 24.5 Å². The summed E-state index contributed by atoms with van der Waals surface area (Å²) in [6.07, 6.45) is 12.9. The Morgan fingerprint density at radius 3 is 2.83 bits per heavy atom. The van der Waals surface area contributed by atoms with Crippen LogP contribution in [0.15, 0.2) is 11.6 Å². The van der Waals surface area contributed by atoms with E-state index in [0.717, 1.165) is 37.1 Å². The lowest BCUT2D eigenvalue weighted by atomic mass is 9.86. The molecular formula is C18H29N3OS. The number of anilines is 1. The fourth-order valence-corrected chi connectivity index (χ4v) is 4.62. The lowest BCUT2D eigenvalue weighted by molar-refractivity contribution is -0.121. The number of carbonyl (C=O) groups excluding carboxylic acids is 1. The summed E-state index contributed by atoms with van der Waals surface area (Å²) in [7, 11) is 0. The fraction of sp³-hybridized carbons (Fsp3) is 0.778. The molecule has 1 aromatic rings. The zero-order valence-corrected chi connectivity index (χ0v) is 14.8. The molecule has 1 atom stereocenters. The quantitative estimate of drug-likeness (QED) is 0.859. The van der Waals surface area contributed by atoms with E-state index in [0.29, 0.717) is 12.3 Å². The molecule has 5 heteroatoms. The highest BCUT2D eigenvalue weighted by atomic mass is 32.1. The van der Waals surface area contributed by atoms with Crippen LogP contribution >= 0.6 is 11.3 Å². The van der Waals surface area contributed by atoms with Gasteiger partial charge in [-0.25, -0.2) is 4.98 Å². The number of rotatable bonds is 6. The van der Waals surface area contributed by atoms with Crippen molar-refractivity contribution in [2.24, 2.45) is 11.8 Å². The fourth-order valence-electron chi connectivity index (χ4n) is 3.94. The SMILES string of the molecule is O=C(CCC1CCCCC1)NCC1CCCN(c2nccs2)C1. The van der Waals surface area contributed by atoms with Gasteiger partial charge in [0, 0.05) is 37.6 Å². The van der Waals surface area contributed by atoms with Gasteiger partial charge in [0.1, 0.15) is 0 Å². The minimum atomic E-state index is 0.252. The summed E-state index contributed by atoms with van der Waals surface area (Å²) >= 11 is 1.71. The Hall–Kier alpha value is -1.10. The normalized spacial score (nSPS) is 23.0. The Bertz CT molecular complexity index is 471. The van der Waals surface area contributed by atoms with Gasteiger partial charge in [-0.1, -0.05) is 32.1 Å². The van der Waals surface area contributed by atoms with Gasteiger partial charge in [-0.2, -0.15) is 0 Å². The highest BCUT2D eigenvalue weighted by Crippen LogP contribution is 2.27. The third kappa shape index (κ3) is 5.20. The molecule has 2 fully saturated rings. The van der Waals surface area contributed by atoms with Gasteiger partial charge in [0.25, 0.3) is 0 Å². The number of amides is 1. The standard InChI is InChI=1S/C18H29N3OS/c22-17(9-8-15-5-2-1-3-6-15)20-13-16-7-4-11-21(14-16)18-19-10-12-23-18/h10,12,15-16H,1-9,11,13-14H2,(H,20,22). The number of nitrogens with zero attached hydrogens (tertiary/aromatic N) is 2. The maximum absolute atomic E-state index is 12.1. The zero-order valence-electron chi connectivity index (χ0n) is 14.0. The summed E-state index contributed by atoms with van der Waals surface area (Å²) in [5, 5.41) is 6.33. The van der Waals surface area contributed by atoms with Gasteiger partial charge in [-0.05, 0) is 31.1 Å². The smallest absolute Gasteiger partial charge is 0.220 e. The van der Waals surface area contributed by atoms with Gasteiger partial charge in [0.15, 0.2) is 5.13 Å². The van der Waals surface area contributed by atoms with E-state index in [1.54, 1.807) is 11.3 Å². The average Bonchev–Trinajstić information content (AvgIpc) is 3.14. The monoisotopic (exact) mass is 335 g/mol. The molecule has 3 rings (SSSR count). The summed E-state index contributed by atoms with van der Waals surface area (Å²) < 4.78 is 0. The van der Waals surface area contributed by atoms with Crippen molar-refractivity contribution in [3.05, 3.63) is 11.6 Å². The molecule has 4 nitrogen and oxygen atoms in total. The van der Waals surface area contributed by atoms with Crippen LogP contribution in [-0.4, -0.2) is 30.5 Å². The second-order valence-corrected chi connectivity index (χ2v) is 7.99. The van der Waals surface area contributed by atoms with Crippen LogP contribution in [0.4, 0.5) is 5.13 Å². The van der Waals surface area contributed by atoms with Gasteiger partial charge in [-0.3, -0.25) is 4.79 Å². The molecule has 2 aliphatic rings. The van der Waals surface area contributed by atoms with Crippen molar-refractivity contribution in [3.63, 3.8) is 0 Å². The van der Waals surface area contributed by atoms with E-state index in [4.69, 9.17) is 0 Å². The molecule has 1 unspecified atom stereocenters. The van der Waals surface area contributed by atoms with Crippen LogP contribution in [0.2, 0.25) is 0 Å². The van der Waals surface area contributed by atoms with Gasteiger partial charge < -0.3 is 10.2 Å². The van der Waals surface area contributed by atoms with Crippen molar-refractivity contribution < 1.29 is 4.79 Å². The Kier molecular flexibility index (Phi) is 6.31. The van der Waals surface area contributed by atoms with E-state index >= 15 is 0 Å². The second-order valence-electron chi connectivity index (χ2n) is 7.12. The van der Waals surface area contributed by atoms with Crippen LogP contribution in [-0.2, 0) is 4.79 Å². The van der Waals surface area contributed by atoms with Gasteiger partial charge >= 0.3 is 0 Å². The first kappa shape index (κ1) is 16.7. The number of hydrogen-bond acceptors (Lipinski definition) is 4. The molecule has 1 saturated carbocycles. The maximum Gasteiger partial charge on any atom is 0.220 e. The summed E-state index contributed by atoms with van der Waals surface area (Å²) in [6, 6.07) is 0. The van der Waals surface area contributed by atoms with E-state index in [2.05, 4.69) is 15.2 Å². The summed E-state index contributed by atoms with van der Waals surface area (Å²) in [6.45, 7) is 2.95. The average molecular weight is 336 g/mol. The van der Waals surface area contributed by atoms with E-state index in [-0.39, 0.29) is 5.91 Å². The predicted molar refractivity (Wildman–Crippen MR) is 95.9 cm³/mol. The number of nitrogens with one attached hydrogen (secondary N) is 1. The molecule has 1 N–H and O–H groups in total. The molecule has 23 heavy (non-hydrogen) atoms. The van der Waals surface area contributed by atoms with Crippen molar-refractivity contribution >= 4 is 22.4 Å². The van der Waals surface area contributed by atoms with Crippen LogP contribution in [0.3, 0.4) is 0 Å². The molecule has 1 amide bonds. The largest absolute Gasteiger partial charge is 0.356 e. The van der Waals surface area contributed by atoms with Crippen molar-refractivity contribution in [2.45, 2.75) is 57.8 Å². The Morgan fingerprint density at radius 1 is 1.22 bits per heavy atom. The van der Waals surface area contributed by atoms with Gasteiger partial charge in [0.2, 0.25) is 5.91 Å². The Labute approximate surface area is 143 Å². The number of hydrogen-bond donors (Lipinski definition) is 1. The third-order valence-electron chi connectivity index (χ3n) is 5.30. The molecule has 1 aromatic heterocycles. The predicted octanol–water partition coefficient (Wildman–Crippen LogP) is 3.84. The van der Waals surface area contributed by atoms with Gasteiger partial charge in [-0.15, -0.1) is 11.3 Å². The van der Waals surface area contributed by atoms with Gasteiger partial charge in [0.05, 0.1) is 0 Å². The molecular weight excluding hydrogens is 306 g/mol. The van der Waals surface area contributed by atoms with Crippen LogP contribution in [0.5, 0.6) is 0 Å². The number of carbonyl (C=O) groups is 1. The number of piperidine rings is 1. The first-order valence-corrected chi connectivity index (χ1v) is 10.1. The van der Waals surface area contributed by atoms with Crippen LogP contribution < -0.4 is 10.2 Å². The van der Waals surface area contributed by atoms with E-state index in [1.807, 2.05) is 11.6 Å². The first-order valence-electron chi connectivity index (χ1n) is 9.22. The van der Waals surface area contributed by atoms with Crippen molar-refractivity contribution in [1.29, 1.82) is 0 Å². The lowest BCUT2D eigenvalue weighted by Crippen LogP contribution is -2.41. The molecule has 0 aromatic carbocycles. The molecule has 0 bridgehead atoms. The Balaban J connectivity index is 1.35. The van der Waals surface area contributed by atoms with Crippen molar-refractivity contribution in [1.82, 2.24) is 10.3 Å².